The Hall–Kier alpha value is -3.31. The lowest BCUT2D eigenvalue weighted by Crippen LogP contribution is -2.23. The third-order valence-electron chi connectivity index (χ3n) is 5.32. The van der Waals surface area contributed by atoms with Crippen LogP contribution in [0.15, 0.2) is 72.8 Å². The third-order valence-corrected chi connectivity index (χ3v) is 5.32. The molecule has 0 saturated carbocycles. The molecule has 0 aliphatic carbocycles. The molecule has 0 saturated heterocycles. The molecule has 3 aromatic rings. The summed E-state index contributed by atoms with van der Waals surface area (Å²) in [4.78, 5) is 13.3. The van der Waals surface area contributed by atoms with Crippen molar-refractivity contribution in [3.05, 3.63) is 95.1 Å². The maximum absolute atomic E-state index is 11.0. The predicted octanol–water partition coefficient (Wildman–Crippen LogP) is 4.92. The van der Waals surface area contributed by atoms with Crippen LogP contribution >= 0.6 is 0 Å². The molecule has 1 N–H and O–H groups in total. The van der Waals surface area contributed by atoms with E-state index in [-0.39, 0.29) is 6.10 Å². The summed E-state index contributed by atoms with van der Waals surface area (Å²) < 4.78 is 11.9. The standard InChI is InChI=1S/C25H25NO4/c1-2-26(16-19-9-13-21(14-10-19)25(27)28)15-18-7-11-20(12-8-18)24-17-29-22-5-3-4-6-23(22)30-24/h3-14,24H,2,15-17H2,1H3,(H,27,28)/t24-/m1/s1. The van der Waals surface area contributed by atoms with Crippen molar-refractivity contribution < 1.29 is 19.4 Å². The van der Waals surface area contributed by atoms with Crippen molar-refractivity contribution >= 4 is 5.97 Å². The van der Waals surface area contributed by atoms with Gasteiger partial charge in [-0.15, -0.1) is 0 Å². The van der Waals surface area contributed by atoms with E-state index < -0.39 is 5.97 Å². The van der Waals surface area contributed by atoms with E-state index in [1.807, 2.05) is 36.4 Å². The Morgan fingerprint density at radius 2 is 1.53 bits per heavy atom. The first-order chi connectivity index (χ1) is 14.6. The fourth-order valence-corrected chi connectivity index (χ4v) is 3.57. The highest BCUT2D eigenvalue weighted by Crippen LogP contribution is 2.35. The summed E-state index contributed by atoms with van der Waals surface area (Å²) in [6.45, 7) is 5.13. The molecule has 0 bridgehead atoms. The Balaban J connectivity index is 1.38. The molecule has 5 heteroatoms. The zero-order valence-electron chi connectivity index (χ0n) is 17.0. The van der Waals surface area contributed by atoms with Crippen LogP contribution in [-0.2, 0) is 13.1 Å². The van der Waals surface area contributed by atoms with Gasteiger partial charge in [0.25, 0.3) is 0 Å². The van der Waals surface area contributed by atoms with Crippen LogP contribution in [0.5, 0.6) is 11.5 Å². The largest absolute Gasteiger partial charge is 0.485 e. The van der Waals surface area contributed by atoms with Crippen LogP contribution in [0.25, 0.3) is 0 Å². The summed E-state index contributed by atoms with van der Waals surface area (Å²) in [5, 5.41) is 9.04. The molecule has 1 aliphatic heterocycles. The molecule has 1 aliphatic rings. The van der Waals surface area contributed by atoms with Crippen molar-refractivity contribution in [1.82, 2.24) is 4.90 Å². The van der Waals surface area contributed by atoms with Crippen molar-refractivity contribution in [1.29, 1.82) is 0 Å². The summed E-state index contributed by atoms with van der Waals surface area (Å²) in [5.74, 6) is 0.675. The highest BCUT2D eigenvalue weighted by Gasteiger charge is 2.22. The number of fused-ring (bicyclic) bond motifs is 1. The molecule has 0 fully saturated rings. The van der Waals surface area contributed by atoms with Gasteiger partial charge in [-0.05, 0) is 47.5 Å². The normalized spacial score (nSPS) is 15.2. The molecule has 154 valence electrons. The number of hydrogen-bond acceptors (Lipinski definition) is 4. The Bertz CT molecular complexity index is 998. The topological polar surface area (TPSA) is 59.0 Å². The second-order valence-electron chi connectivity index (χ2n) is 7.41. The minimum absolute atomic E-state index is 0.107. The first-order valence-electron chi connectivity index (χ1n) is 10.1. The number of carboxylic acids is 1. The molecule has 0 spiro atoms. The van der Waals surface area contributed by atoms with Gasteiger partial charge in [0.05, 0.1) is 5.56 Å². The van der Waals surface area contributed by atoms with Crippen LogP contribution in [0.4, 0.5) is 0 Å². The summed E-state index contributed by atoms with van der Waals surface area (Å²) in [6.07, 6.45) is -0.107. The Morgan fingerprint density at radius 3 is 2.13 bits per heavy atom. The zero-order valence-corrected chi connectivity index (χ0v) is 17.0. The van der Waals surface area contributed by atoms with Crippen LogP contribution < -0.4 is 9.47 Å². The van der Waals surface area contributed by atoms with E-state index in [0.29, 0.717) is 12.2 Å². The number of ether oxygens (including phenoxy) is 2. The first kappa shape index (κ1) is 20.0. The number of para-hydroxylation sites is 2. The minimum atomic E-state index is -0.898. The van der Waals surface area contributed by atoms with Crippen molar-refractivity contribution in [2.24, 2.45) is 0 Å². The monoisotopic (exact) mass is 403 g/mol. The fourth-order valence-electron chi connectivity index (χ4n) is 3.57. The van der Waals surface area contributed by atoms with Gasteiger partial charge in [-0.3, -0.25) is 4.90 Å². The summed E-state index contributed by atoms with van der Waals surface area (Å²) in [7, 11) is 0. The molecule has 1 heterocycles. The molecule has 0 radical (unpaired) electrons. The van der Waals surface area contributed by atoms with E-state index in [4.69, 9.17) is 14.6 Å². The molecule has 4 rings (SSSR count). The van der Waals surface area contributed by atoms with Crippen molar-refractivity contribution in [2.75, 3.05) is 13.2 Å². The highest BCUT2D eigenvalue weighted by atomic mass is 16.6. The Kier molecular flexibility index (Phi) is 6.00. The molecule has 0 aromatic heterocycles. The number of carboxylic acid groups (broad SMARTS) is 1. The van der Waals surface area contributed by atoms with Gasteiger partial charge in [0.2, 0.25) is 0 Å². The second kappa shape index (κ2) is 9.01. The fraction of sp³-hybridized carbons (Fsp3) is 0.240. The van der Waals surface area contributed by atoms with Crippen molar-refractivity contribution in [2.45, 2.75) is 26.1 Å². The van der Waals surface area contributed by atoms with Gasteiger partial charge in [-0.1, -0.05) is 55.5 Å². The van der Waals surface area contributed by atoms with E-state index in [1.165, 1.54) is 5.56 Å². The lowest BCUT2D eigenvalue weighted by atomic mass is 10.1. The van der Waals surface area contributed by atoms with Gasteiger partial charge >= 0.3 is 5.97 Å². The SMILES string of the molecule is CCN(Cc1ccc(C(=O)O)cc1)Cc1ccc([C@H]2COc3ccccc3O2)cc1. The molecular formula is C25H25NO4. The second-order valence-corrected chi connectivity index (χ2v) is 7.41. The summed E-state index contributed by atoms with van der Waals surface area (Å²) in [6, 6.07) is 23.3. The molecule has 5 nitrogen and oxygen atoms in total. The zero-order chi connectivity index (χ0) is 20.9. The van der Waals surface area contributed by atoms with Crippen LogP contribution in [0.1, 0.15) is 40.1 Å². The number of rotatable bonds is 7. The van der Waals surface area contributed by atoms with Crippen molar-refractivity contribution in [3.63, 3.8) is 0 Å². The number of benzene rings is 3. The number of nitrogens with zero attached hydrogens (tertiary/aromatic N) is 1. The van der Waals surface area contributed by atoms with Crippen LogP contribution in [-0.4, -0.2) is 29.1 Å². The quantitative estimate of drug-likeness (QED) is 0.607. The maximum atomic E-state index is 11.0. The first-order valence-corrected chi connectivity index (χ1v) is 10.1. The molecule has 0 amide bonds. The maximum Gasteiger partial charge on any atom is 0.335 e. The number of hydrogen-bond donors (Lipinski definition) is 1. The summed E-state index contributed by atoms with van der Waals surface area (Å²) >= 11 is 0. The average molecular weight is 403 g/mol. The van der Waals surface area contributed by atoms with Gasteiger partial charge in [-0.2, -0.15) is 0 Å². The van der Waals surface area contributed by atoms with E-state index in [0.717, 1.165) is 42.3 Å². The van der Waals surface area contributed by atoms with Gasteiger partial charge < -0.3 is 14.6 Å². The molecule has 1 atom stereocenters. The van der Waals surface area contributed by atoms with Crippen LogP contribution in [0.2, 0.25) is 0 Å². The van der Waals surface area contributed by atoms with Gasteiger partial charge in [0.1, 0.15) is 6.61 Å². The van der Waals surface area contributed by atoms with Gasteiger partial charge in [0.15, 0.2) is 17.6 Å². The van der Waals surface area contributed by atoms with E-state index in [9.17, 15) is 4.79 Å². The van der Waals surface area contributed by atoms with E-state index >= 15 is 0 Å². The Labute approximate surface area is 176 Å². The molecule has 3 aromatic carbocycles. The third kappa shape index (κ3) is 4.63. The Morgan fingerprint density at radius 1 is 0.933 bits per heavy atom. The molecular weight excluding hydrogens is 378 g/mol. The van der Waals surface area contributed by atoms with Crippen LogP contribution in [0.3, 0.4) is 0 Å². The lowest BCUT2D eigenvalue weighted by Gasteiger charge is -2.27. The number of carbonyl (C=O) groups is 1. The minimum Gasteiger partial charge on any atom is -0.485 e. The van der Waals surface area contributed by atoms with Gasteiger partial charge in [0, 0.05) is 13.1 Å². The van der Waals surface area contributed by atoms with Crippen molar-refractivity contribution in [3.8, 4) is 11.5 Å². The molecule has 0 unspecified atom stereocenters. The average Bonchev–Trinajstić information content (AvgIpc) is 2.79. The van der Waals surface area contributed by atoms with Gasteiger partial charge in [-0.25, -0.2) is 4.79 Å². The van der Waals surface area contributed by atoms with E-state index in [1.54, 1.807) is 12.1 Å². The smallest absolute Gasteiger partial charge is 0.335 e. The highest BCUT2D eigenvalue weighted by molar-refractivity contribution is 5.87. The van der Waals surface area contributed by atoms with E-state index in [2.05, 4.69) is 36.1 Å². The molecule has 30 heavy (non-hydrogen) atoms. The number of aromatic carboxylic acids is 1. The van der Waals surface area contributed by atoms with Crippen LogP contribution in [0, 0.1) is 0 Å². The predicted molar refractivity (Wildman–Crippen MR) is 115 cm³/mol. The lowest BCUT2D eigenvalue weighted by molar-refractivity contribution is 0.0697. The summed E-state index contributed by atoms with van der Waals surface area (Å²) in [5.41, 5.74) is 3.74.